The Morgan fingerprint density at radius 2 is 0.617 bits per heavy atom. The van der Waals surface area contributed by atoms with Crippen LogP contribution < -0.4 is 0 Å². The normalized spacial score (nSPS) is 11.6. The van der Waals surface area contributed by atoms with E-state index in [2.05, 4.69) is 44.2 Å². The number of hydrogen-bond acceptors (Lipinski definition) is 1. The third-order valence-electron chi connectivity index (χ3n) is 10.8. The predicted octanol–water partition coefficient (Wildman–Crippen LogP) is 16.2. The van der Waals surface area contributed by atoms with E-state index < -0.39 is 0 Å². The van der Waals surface area contributed by atoms with Crippen LogP contribution in [0.2, 0.25) is 0 Å². The largest absolute Gasteiger partial charge is 0.507 e. The van der Waals surface area contributed by atoms with Crippen molar-refractivity contribution in [3.63, 3.8) is 0 Å². The maximum atomic E-state index is 11.1. The van der Waals surface area contributed by atoms with Crippen molar-refractivity contribution >= 4 is 10.8 Å². The second kappa shape index (κ2) is 30.6. The second-order valence-electron chi connectivity index (χ2n) is 15.2. The zero-order valence-corrected chi connectivity index (χ0v) is 31.9. The Labute approximate surface area is 294 Å². The predicted molar refractivity (Wildman–Crippen MR) is 212 cm³/mol. The molecule has 0 aliphatic carbocycles. The van der Waals surface area contributed by atoms with Gasteiger partial charge in [-0.15, -0.1) is 0 Å². The molecule has 0 saturated heterocycles. The maximum absolute atomic E-state index is 11.1. The van der Waals surface area contributed by atoms with Gasteiger partial charge in [0.1, 0.15) is 5.75 Å². The molecule has 0 aliphatic rings. The van der Waals surface area contributed by atoms with E-state index in [0.717, 1.165) is 18.2 Å². The molecule has 0 amide bonds. The van der Waals surface area contributed by atoms with Gasteiger partial charge < -0.3 is 5.11 Å². The van der Waals surface area contributed by atoms with E-state index in [0.29, 0.717) is 5.75 Å². The lowest BCUT2D eigenvalue weighted by atomic mass is 9.93. The summed E-state index contributed by atoms with van der Waals surface area (Å²) < 4.78 is 0. The van der Waals surface area contributed by atoms with E-state index in [9.17, 15) is 5.11 Å². The first-order valence-electron chi connectivity index (χ1n) is 21.5. The molecule has 270 valence electrons. The van der Waals surface area contributed by atoms with Crippen LogP contribution >= 0.6 is 0 Å². The summed E-state index contributed by atoms with van der Waals surface area (Å²) in [4.78, 5) is 0. The van der Waals surface area contributed by atoms with Crippen molar-refractivity contribution in [2.75, 3.05) is 0 Å². The lowest BCUT2D eigenvalue weighted by Gasteiger charge is -2.13. The van der Waals surface area contributed by atoms with Crippen LogP contribution in [0.3, 0.4) is 0 Å². The summed E-state index contributed by atoms with van der Waals surface area (Å²) in [6.07, 6.45) is 47.2. The van der Waals surface area contributed by atoms with Crippen molar-refractivity contribution in [3.8, 4) is 5.75 Å². The Morgan fingerprint density at radius 1 is 0.340 bits per heavy atom. The first-order chi connectivity index (χ1) is 23.3. The number of unbranched alkanes of at least 4 members (excludes halogenated alkanes) is 30. The SMILES string of the molecule is CCCCCCCCCCCCCCCCCCc1cc(CCCCCCCCCCCCCCCCCC)c2ccccc2c1O. The van der Waals surface area contributed by atoms with Gasteiger partial charge in [-0.25, -0.2) is 0 Å². The van der Waals surface area contributed by atoms with Crippen LogP contribution in [0.5, 0.6) is 5.75 Å². The average Bonchev–Trinajstić information content (AvgIpc) is 3.09. The molecule has 0 saturated carbocycles. The van der Waals surface area contributed by atoms with E-state index >= 15 is 0 Å². The summed E-state index contributed by atoms with van der Waals surface area (Å²) in [5.74, 6) is 0.539. The first-order valence-corrected chi connectivity index (χ1v) is 21.5. The third kappa shape index (κ3) is 21.3. The fourth-order valence-corrected chi connectivity index (χ4v) is 7.62. The molecule has 0 atom stereocenters. The lowest BCUT2D eigenvalue weighted by molar-refractivity contribution is 0.471. The summed E-state index contributed by atoms with van der Waals surface area (Å²) in [6, 6.07) is 10.9. The van der Waals surface area contributed by atoms with Crippen molar-refractivity contribution in [2.24, 2.45) is 0 Å². The second-order valence-corrected chi connectivity index (χ2v) is 15.2. The minimum absolute atomic E-state index is 0.539. The standard InChI is InChI=1S/C46H80O/c1-3-5-7-9-11-13-15-17-19-21-23-25-27-29-31-33-37-42-41-43(46(47)45-40-36-35-39-44(42)45)38-34-32-30-28-26-24-22-20-18-16-14-12-10-8-6-4-2/h35-36,39-41,47H,3-34,37-38H2,1-2H3. The number of aryl methyl sites for hydroxylation is 2. The molecule has 1 nitrogen and oxygen atoms in total. The maximum Gasteiger partial charge on any atom is 0.126 e. The van der Waals surface area contributed by atoms with Crippen molar-refractivity contribution < 1.29 is 5.11 Å². The highest BCUT2D eigenvalue weighted by Gasteiger charge is 2.11. The van der Waals surface area contributed by atoms with Gasteiger partial charge in [-0.2, -0.15) is 0 Å². The van der Waals surface area contributed by atoms with Gasteiger partial charge in [0.2, 0.25) is 0 Å². The number of rotatable bonds is 34. The molecule has 0 aliphatic heterocycles. The molecular formula is C46H80O. The van der Waals surface area contributed by atoms with Crippen LogP contribution in [0.15, 0.2) is 30.3 Å². The molecule has 1 N–H and O–H groups in total. The van der Waals surface area contributed by atoms with E-state index in [1.54, 1.807) is 0 Å². The summed E-state index contributed by atoms with van der Waals surface area (Å²) in [6.45, 7) is 4.60. The summed E-state index contributed by atoms with van der Waals surface area (Å²) in [5, 5.41) is 13.4. The molecule has 0 fully saturated rings. The van der Waals surface area contributed by atoms with Gasteiger partial charge >= 0.3 is 0 Å². The van der Waals surface area contributed by atoms with Crippen LogP contribution in [0.25, 0.3) is 10.8 Å². The molecule has 2 aromatic carbocycles. The molecule has 1 heteroatoms. The van der Waals surface area contributed by atoms with Gasteiger partial charge in [-0.3, -0.25) is 0 Å². The number of fused-ring (bicyclic) bond motifs is 1. The van der Waals surface area contributed by atoms with Gasteiger partial charge in [0.25, 0.3) is 0 Å². The minimum atomic E-state index is 0.539. The number of benzene rings is 2. The molecule has 2 aromatic rings. The Balaban J connectivity index is 1.52. The highest BCUT2D eigenvalue weighted by molar-refractivity contribution is 5.92. The molecular weight excluding hydrogens is 569 g/mol. The Morgan fingerprint density at radius 3 is 0.957 bits per heavy atom. The topological polar surface area (TPSA) is 20.2 Å². The molecule has 0 radical (unpaired) electrons. The number of phenolic OH excluding ortho intramolecular Hbond substituents is 1. The smallest absolute Gasteiger partial charge is 0.126 e. The number of hydrogen-bond donors (Lipinski definition) is 1. The fourth-order valence-electron chi connectivity index (χ4n) is 7.62. The van der Waals surface area contributed by atoms with Crippen molar-refractivity contribution in [1.82, 2.24) is 0 Å². The van der Waals surface area contributed by atoms with Crippen LogP contribution in [-0.4, -0.2) is 5.11 Å². The van der Waals surface area contributed by atoms with Crippen LogP contribution in [0.4, 0.5) is 0 Å². The highest BCUT2D eigenvalue weighted by atomic mass is 16.3. The molecule has 0 unspecified atom stereocenters. The molecule has 0 heterocycles. The lowest BCUT2D eigenvalue weighted by Crippen LogP contribution is -1.95. The molecule has 2 rings (SSSR count). The van der Waals surface area contributed by atoms with Gasteiger partial charge in [-0.1, -0.05) is 237 Å². The van der Waals surface area contributed by atoms with E-state index in [4.69, 9.17) is 0 Å². The number of aromatic hydroxyl groups is 1. The molecule has 0 aromatic heterocycles. The molecule has 0 bridgehead atoms. The Bertz CT molecular complexity index is 961. The van der Waals surface area contributed by atoms with Crippen molar-refractivity contribution in [2.45, 2.75) is 232 Å². The monoisotopic (exact) mass is 649 g/mol. The third-order valence-corrected chi connectivity index (χ3v) is 10.8. The quantitative estimate of drug-likeness (QED) is 0.0749. The minimum Gasteiger partial charge on any atom is -0.507 e. The Kier molecular flexibility index (Phi) is 27.1. The van der Waals surface area contributed by atoms with Gasteiger partial charge in [0, 0.05) is 5.39 Å². The van der Waals surface area contributed by atoms with Crippen LogP contribution in [-0.2, 0) is 12.8 Å². The van der Waals surface area contributed by atoms with Crippen molar-refractivity contribution in [1.29, 1.82) is 0 Å². The average molecular weight is 649 g/mol. The van der Waals surface area contributed by atoms with E-state index in [1.165, 1.54) is 222 Å². The number of phenols is 1. The van der Waals surface area contributed by atoms with Gasteiger partial charge in [0.05, 0.1) is 0 Å². The Hall–Kier alpha value is -1.50. The summed E-state index contributed by atoms with van der Waals surface area (Å²) >= 11 is 0. The van der Waals surface area contributed by atoms with Gasteiger partial charge in [0.15, 0.2) is 0 Å². The zero-order chi connectivity index (χ0) is 33.5. The summed E-state index contributed by atoms with van der Waals surface area (Å²) in [5.41, 5.74) is 2.64. The van der Waals surface area contributed by atoms with Crippen LogP contribution in [0.1, 0.15) is 230 Å². The van der Waals surface area contributed by atoms with E-state index in [-0.39, 0.29) is 0 Å². The van der Waals surface area contributed by atoms with Crippen molar-refractivity contribution in [3.05, 3.63) is 41.5 Å². The zero-order valence-electron chi connectivity index (χ0n) is 31.9. The van der Waals surface area contributed by atoms with Gasteiger partial charge in [-0.05, 0) is 42.2 Å². The van der Waals surface area contributed by atoms with Crippen LogP contribution in [0, 0.1) is 0 Å². The summed E-state index contributed by atoms with van der Waals surface area (Å²) in [7, 11) is 0. The fraction of sp³-hybridized carbons (Fsp3) is 0.783. The van der Waals surface area contributed by atoms with E-state index in [1.807, 2.05) is 0 Å². The molecule has 0 spiro atoms. The first kappa shape index (κ1) is 41.7. The molecule has 47 heavy (non-hydrogen) atoms. The highest BCUT2D eigenvalue weighted by Crippen LogP contribution is 2.34.